The van der Waals surface area contributed by atoms with E-state index >= 15 is 0 Å². The highest BCUT2D eigenvalue weighted by Gasteiger charge is 2.23. The van der Waals surface area contributed by atoms with Crippen molar-refractivity contribution in [3.8, 4) is 6.07 Å². The Morgan fingerprint density at radius 3 is 2.73 bits per heavy atom. The molecule has 6 nitrogen and oxygen atoms in total. The lowest BCUT2D eigenvalue weighted by atomic mass is 9.92. The number of nitriles is 1. The molecule has 6 heteroatoms. The molecule has 0 amide bonds. The van der Waals surface area contributed by atoms with Gasteiger partial charge in [-0.3, -0.25) is 0 Å². The number of aromatic nitrogens is 2. The third-order valence-electron chi connectivity index (χ3n) is 5.82. The molecule has 0 unspecified atom stereocenters. The van der Waals surface area contributed by atoms with E-state index in [0.29, 0.717) is 29.6 Å². The monoisotopic (exact) mass is 358 g/mol. The van der Waals surface area contributed by atoms with Gasteiger partial charge in [0.05, 0.1) is 29.7 Å². The first-order chi connectivity index (χ1) is 12.7. The molecule has 2 saturated carbocycles. The molecular formula is C20H30N4O2. The lowest BCUT2D eigenvalue weighted by Crippen LogP contribution is -2.30. The minimum Gasteiger partial charge on any atom is -0.393 e. The van der Waals surface area contributed by atoms with Gasteiger partial charge >= 0.3 is 0 Å². The fourth-order valence-corrected chi connectivity index (χ4v) is 4.25. The van der Waals surface area contributed by atoms with Gasteiger partial charge in [0, 0.05) is 13.2 Å². The Bertz CT molecular complexity index is 623. The fraction of sp³-hybridized carbons (Fsp3) is 0.750. The third kappa shape index (κ3) is 5.15. The van der Waals surface area contributed by atoms with Gasteiger partial charge in [-0.1, -0.05) is 12.8 Å². The van der Waals surface area contributed by atoms with Crippen LogP contribution in [0.1, 0.15) is 69.0 Å². The Hall–Kier alpha value is -1.71. The molecule has 0 bridgehead atoms. The molecule has 1 heterocycles. The van der Waals surface area contributed by atoms with Crippen molar-refractivity contribution in [2.45, 2.75) is 82.5 Å². The Morgan fingerprint density at radius 2 is 2.00 bits per heavy atom. The summed E-state index contributed by atoms with van der Waals surface area (Å²) < 4.78 is 5.43. The minimum atomic E-state index is -0.219. The van der Waals surface area contributed by atoms with Crippen molar-refractivity contribution in [1.29, 1.82) is 5.26 Å². The molecule has 1 aromatic rings. The van der Waals surface area contributed by atoms with E-state index in [9.17, 15) is 10.4 Å². The van der Waals surface area contributed by atoms with Crippen LogP contribution >= 0.6 is 0 Å². The zero-order valence-corrected chi connectivity index (χ0v) is 15.7. The maximum absolute atomic E-state index is 10.1. The quantitative estimate of drug-likeness (QED) is 0.786. The van der Waals surface area contributed by atoms with Crippen LogP contribution in [0.3, 0.4) is 0 Å². The molecule has 2 aliphatic carbocycles. The van der Waals surface area contributed by atoms with Gasteiger partial charge < -0.3 is 15.2 Å². The average Bonchev–Trinajstić information content (AvgIpc) is 2.86. The lowest BCUT2D eigenvalue weighted by molar-refractivity contribution is 0.0681. The first kappa shape index (κ1) is 19.1. The molecule has 0 aliphatic heterocycles. The van der Waals surface area contributed by atoms with Crippen molar-refractivity contribution >= 4 is 5.95 Å². The van der Waals surface area contributed by atoms with Crippen LogP contribution in [0.5, 0.6) is 0 Å². The predicted molar refractivity (Wildman–Crippen MR) is 99.7 cm³/mol. The van der Waals surface area contributed by atoms with Gasteiger partial charge in [0.2, 0.25) is 5.95 Å². The Morgan fingerprint density at radius 1 is 1.23 bits per heavy atom. The highest BCUT2D eigenvalue weighted by atomic mass is 16.5. The van der Waals surface area contributed by atoms with Crippen LogP contribution in [0.15, 0.2) is 6.20 Å². The number of hydrogen-bond acceptors (Lipinski definition) is 6. The largest absolute Gasteiger partial charge is 0.393 e. The van der Waals surface area contributed by atoms with Crippen LogP contribution < -0.4 is 5.32 Å². The van der Waals surface area contributed by atoms with Gasteiger partial charge in [-0.25, -0.2) is 9.97 Å². The summed E-state index contributed by atoms with van der Waals surface area (Å²) in [6.07, 6.45) is 11.7. The van der Waals surface area contributed by atoms with Crippen molar-refractivity contribution in [1.82, 2.24) is 9.97 Å². The summed E-state index contributed by atoms with van der Waals surface area (Å²) in [7, 11) is 1.78. The maximum atomic E-state index is 10.1. The van der Waals surface area contributed by atoms with E-state index in [1.54, 1.807) is 13.3 Å². The van der Waals surface area contributed by atoms with Crippen LogP contribution in [-0.4, -0.2) is 40.4 Å². The van der Waals surface area contributed by atoms with E-state index in [1.165, 1.54) is 0 Å². The second-order valence-corrected chi connectivity index (χ2v) is 7.76. The molecule has 0 saturated heterocycles. The number of aliphatic hydroxyl groups is 1. The van der Waals surface area contributed by atoms with Crippen molar-refractivity contribution < 1.29 is 9.84 Å². The second kappa shape index (κ2) is 9.29. The molecule has 26 heavy (non-hydrogen) atoms. The number of ether oxygens (including phenoxy) is 1. The van der Waals surface area contributed by atoms with E-state index in [1.807, 2.05) is 0 Å². The average molecular weight is 358 g/mol. The topological polar surface area (TPSA) is 91.1 Å². The van der Waals surface area contributed by atoms with E-state index in [4.69, 9.17) is 4.74 Å². The Kier molecular flexibility index (Phi) is 6.81. The van der Waals surface area contributed by atoms with Gasteiger partial charge in [-0.05, 0) is 57.3 Å². The summed E-state index contributed by atoms with van der Waals surface area (Å²) in [6.45, 7) is 0. The number of aliphatic hydroxyl groups excluding tert-OH is 1. The molecule has 142 valence electrons. The molecule has 0 aromatic carbocycles. The Balaban J connectivity index is 1.65. The highest BCUT2D eigenvalue weighted by molar-refractivity contribution is 5.37. The number of methoxy groups -OCH3 is 1. The Labute approximate surface area is 156 Å². The van der Waals surface area contributed by atoms with Crippen LogP contribution in [0.4, 0.5) is 5.95 Å². The van der Waals surface area contributed by atoms with Gasteiger partial charge in [0.15, 0.2) is 0 Å². The summed E-state index contributed by atoms with van der Waals surface area (Å²) in [5.74, 6) is 1.01. The lowest BCUT2D eigenvalue weighted by Gasteiger charge is -2.28. The van der Waals surface area contributed by atoms with E-state index in [-0.39, 0.29) is 6.10 Å². The summed E-state index contributed by atoms with van der Waals surface area (Å²) in [6, 6.07) is 2.59. The van der Waals surface area contributed by atoms with E-state index in [2.05, 4.69) is 21.4 Å². The molecule has 1 aromatic heterocycles. The molecule has 2 N–H and O–H groups in total. The molecule has 2 aliphatic rings. The van der Waals surface area contributed by atoms with Gasteiger partial charge in [-0.2, -0.15) is 5.26 Å². The van der Waals surface area contributed by atoms with Crippen molar-refractivity contribution in [2.75, 3.05) is 12.4 Å². The standard InChI is InChI=1S/C20H30N4O2/c1-26-18-8-6-16(7-9-18)23-20-22-13-15(12-21)19(24-20)11-14-4-2-3-5-17(25)10-14/h13-14,16-18,25H,2-11H2,1H3,(H,22,23,24)/t14-,16?,17+,18?/m1/s1. The van der Waals surface area contributed by atoms with Crippen LogP contribution in [0.2, 0.25) is 0 Å². The summed E-state index contributed by atoms with van der Waals surface area (Å²) >= 11 is 0. The minimum absolute atomic E-state index is 0.219. The SMILES string of the molecule is COC1CCC(Nc2ncc(C#N)c(C[C@@H]3CCCC[C@H](O)C3)n2)CC1. The predicted octanol–water partition coefficient (Wildman–Crippen LogP) is 3.20. The van der Waals surface area contributed by atoms with Crippen molar-refractivity contribution in [3.63, 3.8) is 0 Å². The maximum Gasteiger partial charge on any atom is 0.223 e. The summed E-state index contributed by atoms with van der Waals surface area (Å²) in [5.41, 5.74) is 1.37. The molecule has 0 radical (unpaired) electrons. The number of hydrogen-bond donors (Lipinski definition) is 2. The van der Waals surface area contributed by atoms with Crippen molar-refractivity contribution in [3.05, 3.63) is 17.5 Å². The zero-order valence-electron chi connectivity index (χ0n) is 15.7. The number of nitrogens with one attached hydrogen (secondary N) is 1. The summed E-state index contributed by atoms with van der Waals surface area (Å²) in [5, 5.41) is 22.9. The molecule has 2 atom stereocenters. The number of nitrogens with zero attached hydrogens (tertiary/aromatic N) is 3. The molecular weight excluding hydrogens is 328 g/mol. The van der Waals surface area contributed by atoms with Crippen LogP contribution in [-0.2, 0) is 11.2 Å². The molecule has 2 fully saturated rings. The smallest absolute Gasteiger partial charge is 0.223 e. The molecule has 3 rings (SSSR count). The zero-order chi connectivity index (χ0) is 18.4. The van der Waals surface area contributed by atoms with Crippen molar-refractivity contribution in [2.24, 2.45) is 5.92 Å². The summed E-state index contributed by atoms with van der Waals surface area (Å²) in [4.78, 5) is 9.01. The first-order valence-corrected chi connectivity index (χ1v) is 9.91. The molecule has 0 spiro atoms. The van der Waals surface area contributed by atoms with E-state index in [0.717, 1.165) is 69.9 Å². The fourth-order valence-electron chi connectivity index (χ4n) is 4.25. The van der Waals surface area contributed by atoms with E-state index < -0.39 is 0 Å². The highest BCUT2D eigenvalue weighted by Crippen LogP contribution is 2.27. The van der Waals surface area contributed by atoms with Crippen LogP contribution in [0.25, 0.3) is 0 Å². The van der Waals surface area contributed by atoms with Crippen LogP contribution in [0, 0.1) is 17.2 Å². The number of anilines is 1. The van der Waals surface area contributed by atoms with Gasteiger partial charge in [-0.15, -0.1) is 0 Å². The number of rotatable bonds is 5. The third-order valence-corrected chi connectivity index (χ3v) is 5.82. The van der Waals surface area contributed by atoms with Gasteiger partial charge in [0.1, 0.15) is 6.07 Å². The van der Waals surface area contributed by atoms with Gasteiger partial charge in [0.25, 0.3) is 0 Å². The second-order valence-electron chi connectivity index (χ2n) is 7.76. The first-order valence-electron chi connectivity index (χ1n) is 9.91. The normalized spacial score (nSPS) is 29.6.